The van der Waals surface area contributed by atoms with Crippen molar-refractivity contribution < 1.29 is 13.5 Å². The number of hydrogen-bond donors (Lipinski definition) is 0. The van der Waals surface area contributed by atoms with Crippen LogP contribution in [0.3, 0.4) is 0 Å². The van der Waals surface area contributed by atoms with Crippen molar-refractivity contribution in [3.63, 3.8) is 0 Å². The van der Waals surface area contributed by atoms with Crippen LogP contribution in [0.15, 0.2) is 66.7 Å². The van der Waals surface area contributed by atoms with E-state index in [1.165, 1.54) is 49.9 Å². The van der Waals surface area contributed by atoms with Gasteiger partial charge in [-0.05, 0) is 89.4 Å². The van der Waals surface area contributed by atoms with Crippen molar-refractivity contribution in [3.05, 3.63) is 78.4 Å². The molecule has 3 aromatic rings. The SMILES string of the molecule is CC[C@H]1CC[C@H](COc2cc(-c3ccc(F)cc3)cc(-c3ccc(F)cc3)c2)C1. The Hall–Kier alpha value is -2.68. The molecule has 0 aromatic heterocycles. The molecule has 1 aliphatic rings. The molecule has 3 heteroatoms. The normalized spacial score (nSPS) is 18.7. The van der Waals surface area contributed by atoms with Gasteiger partial charge in [-0.3, -0.25) is 0 Å². The lowest BCUT2D eigenvalue weighted by Crippen LogP contribution is -2.09. The van der Waals surface area contributed by atoms with E-state index in [0.29, 0.717) is 12.5 Å². The van der Waals surface area contributed by atoms with E-state index >= 15 is 0 Å². The first-order valence-electron chi connectivity index (χ1n) is 10.4. The quantitative estimate of drug-likeness (QED) is 0.422. The minimum Gasteiger partial charge on any atom is -0.493 e. The van der Waals surface area contributed by atoms with Gasteiger partial charge in [-0.15, -0.1) is 0 Å². The van der Waals surface area contributed by atoms with Gasteiger partial charge >= 0.3 is 0 Å². The third kappa shape index (κ3) is 4.84. The molecule has 0 unspecified atom stereocenters. The molecule has 4 rings (SSSR count). The Morgan fingerprint density at radius 2 is 1.24 bits per heavy atom. The van der Waals surface area contributed by atoms with E-state index in [4.69, 9.17) is 4.74 Å². The molecule has 0 aliphatic heterocycles. The summed E-state index contributed by atoms with van der Waals surface area (Å²) in [4.78, 5) is 0. The van der Waals surface area contributed by atoms with E-state index < -0.39 is 0 Å². The largest absolute Gasteiger partial charge is 0.493 e. The van der Waals surface area contributed by atoms with Gasteiger partial charge < -0.3 is 4.74 Å². The fourth-order valence-electron chi connectivity index (χ4n) is 4.22. The van der Waals surface area contributed by atoms with Crippen LogP contribution in [0.4, 0.5) is 8.78 Å². The van der Waals surface area contributed by atoms with E-state index in [1.807, 2.05) is 18.2 Å². The van der Waals surface area contributed by atoms with Crippen molar-refractivity contribution in [1.29, 1.82) is 0 Å². The van der Waals surface area contributed by atoms with Gasteiger partial charge in [0.1, 0.15) is 17.4 Å². The van der Waals surface area contributed by atoms with Gasteiger partial charge in [-0.25, -0.2) is 8.78 Å². The summed E-state index contributed by atoms with van der Waals surface area (Å²) in [5.41, 5.74) is 3.76. The highest BCUT2D eigenvalue weighted by atomic mass is 19.1. The molecule has 0 N–H and O–H groups in total. The molecule has 3 aromatic carbocycles. The molecule has 0 heterocycles. The fourth-order valence-corrected chi connectivity index (χ4v) is 4.22. The summed E-state index contributed by atoms with van der Waals surface area (Å²) in [6, 6.07) is 19.0. The summed E-state index contributed by atoms with van der Waals surface area (Å²) in [5, 5.41) is 0. The summed E-state index contributed by atoms with van der Waals surface area (Å²) in [7, 11) is 0. The topological polar surface area (TPSA) is 9.23 Å². The highest BCUT2D eigenvalue weighted by Crippen LogP contribution is 2.35. The number of rotatable bonds is 6. The summed E-state index contributed by atoms with van der Waals surface area (Å²) in [6.45, 7) is 2.97. The molecule has 1 nitrogen and oxygen atoms in total. The van der Waals surface area contributed by atoms with Crippen LogP contribution in [0, 0.1) is 23.5 Å². The van der Waals surface area contributed by atoms with Crippen molar-refractivity contribution in [2.45, 2.75) is 32.6 Å². The average Bonchev–Trinajstić information content (AvgIpc) is 3.21. The molecule has 2 atom stereocenters. The minimum absolute atomic E-state index is 0.258. The number of benzene rings is 3. The standard InChI is InChI=1S/C26H26F2O/c1-2-18-3-4-19(13-18)17-29-26-15-22(20-5-9-24(27)10-6-20)14-23(16-26)21-7-11-25(28)12-8-21/h5-12,14-16,18-19H,2-4,13,17H2,1H3/t18-,19-/m0/s1. The van der Waals surface area contributed by atoms with Crippen LogP contribution in [-0.2, 0) is 0 Å². The van der Waals surface area contributed by atoms with Gasteiger partial charge in [0.25, 0.3) is 0 Å². The second-order valence-electron chi connectivity index (χ2n) is 8.02. The van der Waals surface area contributed by atoms with E-state index in [9.17, 15) is 8.78 Å². The molecule has 1 saturated carbocycles. The highest BCUT2D eigenvalue weighted by molar-refractivity contribution is 5.75. The third-order valence-electron chi connectivity index (χ3n) is 5.97. The molecule has 1 fully saturated rings. The van der Waals surface area contributed by atoms with E-state index in [0.717, 1.165) is 33.9 Å². The van der Waals surface area contributed by atoms with Crippen molar-refractivity contribution in [2.24, 2.45) is 11.8 Å². The first-order valence-corrected chi connectivity index (χ1v) is 10.4. The molecular weight excluding hydrogens is 366 g/mol. The smallest absolute Gasteiger partial charge is 0.123 e. The van der Waals surface area contributed by atoms with Crippen LogP contribution >= 0.6 is 0 Å². The fraction of sp³-hybridized carbons (Fsp3) is 0.308. The Morgan fingerprint density at radius 3 is 1.72 bits per heavy atom. The van der Waals surface area contributed by atoms with E-state index in [1.54, 1.807) is 24.3 Å². The van der Waals surface area contributed by atoms with Gasteiger partial charge in [-0.1, -0.05) is 44.0 Å². The predicted molar refractivity (Wildman–Crippen MR) is 114 cm³/mol. The summed E-state index contributed by atoms with van der Waals surface area (Å²) in [5.74, 6) is 1.71. The number of ether oxygens (including phenoxy) is 1. The molecule has 0 spiro atoms. The minimum atomic E-state index is -0.258. The molecule has 0 radical (unpaired) electrons. The van der Waals surface area contributed by atoms with Crippen LogP contribution in [0.25, 0.3) is 22.3 Å². The zero-order chi connectivity index (χ0) is 20.2. The first-order chi connectivity index (χ1) is 14.1. The molecule has 0 bridgehead atoms. The monoisotopic (exact) mass is 392 g/mol. The zero-order valence-electron chi connectivity index (χ0n) is 16.7. The average molecular weight is 392 g/mol. The van der Waals surface area contributed by atoms with Gasteiger partial charge in [0.15, 0.2) is 0 Å². The molecule has 150 valence electrons. The molecular formula is C26H26F2O. The molecule has 29 heavy (non-hydrogen) atoms. The summed E-state index contributed by atoms with van der Waals surface area (Å²) < 4.78 is 32.9. The van der Waals surface area contributed by atoms with E-state index in [2.05, 4.69) is 6.92 Å². The van der Waals surface area contributed by atoms with Crippen LogP contribution in [0.1, 0.15) is 32.6 Å². The van der Waals surface area contributed by atoms with Gasteiger partial charge in [0.05, 0.1) is 6.61 Å². The number of hydrogen-bond acceptors (Lipinski definition) is 1. The van der Waals surface area contributed by atoms with Crippen LogP contribution in [-0.4, -0.2) is 6.61 Å². The maximum atomic E-state index is 13.4. The number of halogens is 2. The van der Waals surface area contributed by atoms with Crippen molar-refractivity contribution in [1.82, 2.24) is 0 Å². The Labute approximate surface area is 171 Å². The second-order valence-corrected chi connectivity index (χ2v) is 8.02. The highest BCUT2D eigenvalue weighted by Gasteiger charge is 2.23. The molecule has 1 aliphatic carbocycles. The lowest BCUT2D eigenvalue weighted by molar-refractivity contribution is 0.248. The molecule has 0 amide bonds. The van der Waals surface area contributed by atoms with Crippen molar-refractivity contribution in [2.75, 3.05) is 6.61 Å². The zero-order valence-corrected chi connectivity index (χ0v) is 16.7. The predicted octanol–water partition coefficient (Wildman–Crippen LogP) is 7.50. The Bertz CT molecular complexity index is 884. The third-order valence-corrected chi connectivity index (χ3v) is 5.97. The lowest BCUT2D eigenvalue weighted by Gasteiger charge is -2.15. The van der Waals surface area contributed by atoms with Gasteiger partial charge in [0, 0.05) is 0 Å². The Kier molecular flexibility index (Phi) is 5.94. The van der Waals surface area contributed by atoms with Crippen LogP contribution in [0.5, 0.6) is 5.75 Å². The van der Waals surface area contributed by atoms with Crippen molar-refractivity contribution in [3.8, 4) is 28.0 Å². The van der Waals surface area contributed by atoms with Gasteiger partial charge in [-0.2, -0.15) is 0 Å². The van der Waals surface area contributed by atoms with Crippen LogP contribution in [0.2, 0.25) is 0 Å². The Morgan fingerprint density at radius 1 is 0.724 bits per heavy atom. The lowest BCUT2D eigenvalue weighted by atomic mass is 9.98. The first kappa shape index (κ1) is 19.6. The van der Waals surface area contributed by atoms with Crippen LogP contribution < -0.4 is 4.74 Å². The summed E-state index contributed by atoms with van der Waals surface area (Å²) in [6.07, 6.45) is 4.99. The Balaban J connectivity index is 1.62. The van der Waals surface area contributed by atoms with E-state index in [-0.39, 0.29) is 11.6 Å². The second kappa shape index (κ2) is 8.77. The molecule has 0 saturated heterocycles. The summed E-state index contributed by atoms with van der Waals surface area (Å²) >= 11 is 0. The maximum Gasteiger partial charge on any atom is 0.123 e. The maximum absolute atomic E-state index is 13.4. The van der Waals surface area contributed by atoms with Gasteiger partial charge in [0.2, 0.25) is 0 Å². The van der Waals surface area contributed by atoms with Crippen molar-refractivity contribution >= 4 is 0 Å².